The maximum Gasteiger partial charge on any atom is 0.193 e. The standard InChI is InChI=1S/C14H14BrN3OS/c1-9(16)12-3-2-10(15)6-13(12)19-8-11-7-18-4-5-20-14(18)17-11/h2-7,9H,8,16H2,1H3/t9-/m1/s1. The number of benzene rings is 1. The van der Waals surface area contributed by atoms with Crippen LogP contribution in [0.4, 0.5) is 0 Å². The minimum Gasteiger partial charge on any atom is -0.487 e. The van der Waals surface area contributed by atoms with Crippen LogP contribution in [0.3, 0.4) is 0 Å². The van der Waals surface area contributed by atoms with Crippen LogP contribution in [0.15, 0.2) is 40.4 Å². The molecule has 3 rings (SSSR count). The summed E-state index contributed by atoms with van der Waals surface area (Å²) >= 11 is 5.06. The summed E-state index contributed by atoms with van der Waals surface area (Å²) in [4.78, 5) is 5.48. The molecule has 6 heteroatoms. The van der Waals surface area contributed by atoms with Gasteiger partial charge in [0, 0.05) is 33.9 Å². The lowest BCUT2D eigenvalue weighted by molar-refractivity contribution is 0.297. The van der Waals surface area contributed by atoms with Gasteiger partial charge in [0.2, 0.25) is 0 Å². The number of halogens is 1. The van der Waals surface area contributed by atoms with E-state index in [1.807, 2.05) is 47.3 Å². The molecule has 0 aliphatic rings. The van der Waals surface area contributed by atoms with Gasteiger partial charge in [0.15, 0.2) is 4.96 Å². The Bertz CT molecular complexity index is 706. The van der Waals surface area contributed by atoms with Crippen LogP contribution in [-0.4, -0.2) is 9.38 Å². The number of fused-ring (bicyclic) bond motifs is 1. The summed E-state index contributed by atoms with van der Waals surface area (Å²) < 4.78 is 8.85. The summed E-state index contributed by atoms with van der Waals surface area (Å²) in [6.07, 6.45) is 3.97. The Morgan fingerprint density at radius 1 is 1.50 bits per heavy atom. The van der Waals surface area contributed by atoms with E-state index in [-0.39, 0.29) is 6.04 Å². The Labute approximate surface area is 129 Å². The molecule has 1 atom stereocenters. The number of hydrogen-bond acceptors (Lipinski definition) is 4. The summed E-state index contributed by atoms with van der Waals surface area (Å²) in [5.41, 5.74) is 7.87. The SMILES string of the molecule is C[C@@H](N)c1ccc(Br)cc1OCc1cn2ccsc2n1. The Kier molecular flexibility index (Phi) is 3.78. The van der Waals surface area contributed by atoms with Crippen LogP contribution in [0, 0.1) is 0 Å². The molecule has 3 aromatic rings. The van der Waals surface area contributed by atoms with Gasteiger partial charge in [-0.2, -0.15) is 0 Å². The number of nitrogens with two attached hydrogens (primary N) is 1. The minimum atomic E-state index is -0.0661. The van der Waals surface area contributed by atoms with Gasteiger partial charge in [0.05, 0.1) is 5.69 Å². The monoisotopic (exact) mass is 351 g/mol. The number of imidazole rings is 1. The molecule has 4 nitrogen and oxygen atoms in total. The Morgan fingerprint density at radius 2 is 2.35 bits per heavy atom. The molecular formula is C14H14BrN3OS. The van der Waals surface area contributed by atoms with E-state index >= 15 is 0 Å². The maximum atomic E-state index is 5.96. The van der Waals surface area contributed by atoms with E-state index < -0.39 is 0 Å². The van der Waals surface area contributed by atoms with Gasteiger partial charge >= 0.3 is 0 Å². The first kappa shape index (κ1) is 13.6. The maximum absolute atomic E-state index is 5.96. The smallest absolute Gasteiger partial charge is 0.193 e. The van der Waals surface area contributed by atoms with Crippen LogP contribution in [0.25, 0.3) is 4.96 Å². The molecule has 0 spiro atoms. The zero-order chi connectivity index (χ0) is 14.1. The van der Waals surface area contributed by atoms with Crippen molar-refractivity contribution >= 4 is 32.2 Å². The quantitative estimate of drug-likeness (QED) is 0.778. The second-order valence-corrected chi connectivity index (χ2v) is 6.37. The molecule has 0 amide bonds. The van der Waals surface area contributed by atoms with Gasteiger partial charge in [-0.3, -0.25) is 4.40 Å². The van der Waals surface area contributed by atoms with Gasteiger partial charge in [0.1, 0.15) is 12.4 Å². The van der Waals surface area contributed by atoms with Gasteiger partial charge in [-0.15, -0.1) is 11.3 Å². The van der Waals surface area contributed by atoms with Gasteiger partial charge in [0.25, 0.3) is 0 Å². The molecule has 104 valence electrons. The lowest BCUT2D eigenvalue weighted by atomic mass is 10.1. The molecule has 1 aromatic carbocycles. The Balaban J connectivity index is 1.80. The van der Waals surface area contributed by atoms with Crippen LogP contribution in [0.5, 0.6) is 5.75 Å². The lowest BCUT2D eigenvalue weighted by Gasteiger charge is -2.13. The largest absolute Gasteiger partial charge is 0.487 e. The molecule has 0 bridgehead atoms. The van der Waals surface area contributed by atoms with Crippen molar-refractivity contribution in [2.45, 2.75) is 19.6 Å². The van der Waals surface area contributed by atoms with E-state index in [1.165, 1.54) is 0 Å². The van der Waals surface area contributed by atoms with E-state index in [4.69, 9.17) is 10.5 Å². The van der Waals surface area contributed by atoms with Crippen molar-refractivity contribution in [3.05, 3.63) is 51.7 Å². The predicted molar refractivity (Wildman–Crippen MR) is 84.1 cm³/mol. The third kappa shape index (κ3) is 2.72. The fourth-order valence-electron chi connectivity index (χ4n) is 2.01. The van der Waals surface area contributed by atoms with Gasteiger partial charge in [-0.25, -0.2) is 4.98 Å². The summed E-state index contributed by atoms with van der Waals surface area (Å²) in [5.74, 6) is 0.797. The van der Waals surface area contributed by atoms with Gasteiger partial charge < -0.3 is 10.5 Å². The van der Waals surface area contributed by atoms with E-state index in [2.05, 4.69) is 20.9 Å². The molecule has 0 aliphatic carbocycles. The molecule has 0 saturated heterocycles. The highest BCUT2D eigenvalue weighted by Gasteiger charge is 2.10. The van der Waals surface area contributed by atoms with Crippen molar-refractivity contribution < 1.29 is 4.74 Å². The third-order valence-electron chi connectivity index (χ3n) is 2.98. The average molecular weight is 352 g/mol. The van der Waals surface area contributed by atoms with Crippen molar-refractivity contribution in [3.63, 3.8) is 0 Å². The molecule has 0 radical (unpaired) electrons. The number of rotatable bonds is 4. The first-order valence-corrected chi connectivity index (χ1v) is 7.89. The second kappa shape index (κ2) is 5.55. The average Bonchev–Trinajstić information content (AvgIpc) is 2.96. The van der Waals surface area contributed by atoms with E-state index in [1.54, 1.807) is 11.3 Å². The number of thiazole rings is 1. The first-order valence-electron chi connectivity index (χ1n) is 6.22. The number of hydrogen-bond donors (Lipinski definition) is 1. The second-order valence-electron chi connectivity index (χ2n) is 4.58. The van der Waals surface area contributed by atoms with Crippen molar-refractivity contribution in [2.75, 3.05) is 0 Å². The van der Waals surface area contributed by atoms with Gasteiger partial charge in [-0.05, 0) is 19.1 Å². The van der Waals surface area contributed by atoms with E-state index in [0.29, 0.717) is 6.61 Å². The summed E-state index contributed by atoms with van der Waals surface area (Å²) in [7, 11) is 0. The highest BCUT2D eigenvalue weighted by Crippen LogP contribution is 2.28. The third-order valence-corrected chi connectivity index (χ3v) is 4.25. The van der Waals surface area contributed by atoms with E-state index in [0.717, 1.165) is 26.4 Å². The summed E-state index contributed by atoms with van der Waals surface area (Å²) in [6, 6.07) is 5.83. The van der Waals surface area contributed by atoms with Crippen LogP contribution in [-0.2, 0) is 6.61 Å². The zero-order valence-corrected chi connectivity index (χ0v) is 13.3. The highest BCUT2D eigenvalue weighted by molar-refractivity contribution is 9.10. The Morgan fingerprint density at radius 3 is 3.10 bits per heavy atom. The normalized spacial score (nSPS) is 12.8. The zero-order valence-electron chi connectivity index (χ0n) is 10.9. The van der Waals surface area contributed by atoms with E-state index in [9.17, 15) is 0 Å². The van der Waals surface area contributed by atoms with Crippen molar-refractivity contribution in [3.8, 4) is 5.75 Å². The fourth-order valence-corrected chi connectivity index (χ4v) is 3.07. The van der Waals surface area contributed by atoms with Crippen molar-refractivity contribution in [1.29, 1.82) is 0 Å². The van der Waals surface area contributed by atoms with Crippen LogP contribution < -0.4 is 10.5 Å². The molecule has 0 aliphatic heterocycles. The van der Waals surface area contributed by atoms with Crippen LogP contribution in [0.1, 0.15) is 24.2 Å². The lowest BCUT2D eigenvalue weighted by Crippen LogP contribution is -2.08. The van der Waals surface area contributed by atoms with Crippen molar-refractivity contribution in [2.24, 2.45) is 5.73 Å². The molecule has 2 N–H and O–H groups in total. The first-order chi connectivity index (χ1) is 9.63. The number of nitrogens with zero attached hydrogens (tertiary/aromatic N) is 2. The molecule has 20 heavy (non-hydrogen) atoms. The molecule has 2 aromatic heterocycles. The van der Waals surface area contributed by atoms with Gasteiger partial charge in [-0.1, -0.05) is 22.0 Å². The van der Waals surface area contributed by atoms with Crippen LogP contribution >= 0.6 is 27.3 Å². The topological polar surface area (TPSA) is 52.5 Å². The highest BCUT2D eigenvalue weighted by atomic mass is 79.9. The molecular weight excluding hydrogens is 338 g/mol. The summed E-state index contributed by atoms with van der Waals surface area (Å²) in [6.45, 7) is 2.38. The summed E-state index contributed by atoms with van der Waals surface area (Å²) in [5, 5.41) is 2.01. The number of ether oxygens (including phenoxy) is 1. The minimum absolute atomic E-state index is 0.0661. The predicted octanol–water partition coefficient (Wildman–Crippen LogP) is 3.76. The molecule has 0 saturated carbocycles. The molecule has 2 heterocycles. The molecule has 0 fully saturated rings. The van der Waals surface area contributed by atoms with Crippen LogP contribution in [0.2, 0.25) is 0 Å². The Hall–Kier alpha value is -1.37. The molecule has 0 unspecified atom stereocenters. The fraction of sp³-hybridized carbons (Fsp3) is 0.214. The number of aromatic nitrogens is 2. The van der Waals surface area contributed by atoms with Crippen molar-refractivity contribution in [1.82, 2.24) is 9.38 Å².